The van der Waals surface area contributed by atoms with Gasteiger partial charge in [0.1, 0.15) is 0 Å². The quantitative estimate of drug-likeness (QED) is 0.409. The fourth-order valence-corrected chi connectivity index (χ4v) is 2.94. The molecule has 0 aliphatic carbocycles. The molecule has 27 heavy (non-hydrogen) atoms. The van der Waals surface area contributed by atoms with Crippen LogP contribution in [0.25, 0.3) is 0 Å². The maximum atomic E-state index is 12.2. The van der Waals surface area contributed by atoms with E-state index in [4.69, 9.17) is 0 Å². The number of anilines is 2. The van der Waals surface area contributed by atoms with Crippen molar-refractivity contribution >= 4 is 40.6 Å². The molecule has 0 fully saturated rings. The maximum absolute atomic E-state index is 12.2. The zero-order chi connectivity index (χ0) is 19.8. The van der Waals surface area contributed by atoms with Crippen molar-refractivity contribution in [2.24, 2.45) is 0 Å². The molecular weight excluding hydrogens is 368 g/mol. The van der Waals surface area contributed by atoms with Crippen molar-refractivity contribution in [1.82, 2.24) is 4.90 Å². The number of nitrogens with one attached hydrogen (secondary N) is 2. The lowest BCUT2D eigenvalue weighted by molar-refractivity contribution is -0.384. The number of likely N-dealkylation sites (N-methyl/N-ethyl adjacent to an activating group) is 1. The Morgan fingerprint density at radius 3 is 2.41 bits per heavy atom. The van der Waals surface area contributed by atoms with Gasteiger partial charge in [-0.1, -0.05) is 18.2 Å². The van der Waals surface area contributed by atoms with Crippen LogP contribution in [-0.2, 0) is 9.59 Å². The van der Waals surface area contributed by atoms with Crippen LogP contribution >= 0.6 is 11.8 Å². The highest BCUT2D eigenvalue weighted by molar-refractivity contribution is 7.98. The van der Waals surface area contributed by atoms with Crippen molar-refractivity contribution in [3.8, 4) is 0 Å². The highest BCUT2D eigenvalue weighted by atomic mass is 32.2. The van der Waals surface area contributed by atoms with Gasteiger partial charge in [-0.3, -0.25) is 24.6 Å². The van der Waals surface area contributed by atoms with Gasteiger partial charge in [0.2, 0.25) is 11.8 Å². The van der Waals surface area contributed by atoms with Crippen molar-refractivity contribution in [3.05, 3.63) is 58.6 Å². The lowest BCUT2D eigenvalue weighted by atomic mass is 10.3. The van der Waals surface area contributed by atoms with Crippen LogP contribution in [0.3, 0.4) is 0 Å². The largest absolute Gasteiger partial charge is 0.325 e. The zero-order valence-electron chi connectivity index (χ0n) is 15.0. The van der Waals surface area contributed by atoms with Crippen LogP contribution in [0.2, 0.25) is 0 Å². The molecule has 2 N–H and O–H groups in total. The lowest BCUT2D eigenvalue weighted by Gasteiger charge is -2.16. The van der Waals surface area contributed by atoms with Gasteiger partial charge in [-0.2, -0.15) is 0 Å². The number of hydrogen-bond acceptors (Lipinski definition) is 6. The molecule has 0 aliphatic heterocycles. The van der Waals surface area contributed by atoms with Crippen LogP contribution in [0, 0.1) is 10.1 Å². The number of rotatable bonds is 8. The third kappa shape index (κ3) is 6.39. The molecule has 0 spiro atoms. The number of non-ortho nitro benzene ring substituents is 1. The predicted octanol–water partition coefficient (Wildman–Crippen LogP) is 2.83. The minimum Gasteiger partial charge on any atom is -0.325 e. The lowest BCUT2D eigenvalue weighted by Crippen LogP contribution is -2.36. The number of nitro benzene ring substituents is 1. The molecule has 0 atom stereocenters. The fraction of sp³-hybridized carbons (Fsp3) is 0.222. The molecule has 142 valence electrons. The number of benzene rings is 2. The van der Waals surface area contributed by atoms with E-state index in [1.54, 1.807) is 18.0 Å². The number of thioether (sulfide) groups is 1. The first-order valence-corrected chi connectivity index (χ1v) is 9.27. The van der Waals surface area contributed by atoms with Gasteiger partial charge in [0, 0.05) is 22.7 Å². The van der Waals surface area contributed by atoms with Crippen LogP contribution in [0.4, 0.5) is 17.1 Å². The summed E-state index contributed by atoms with van der Waals surface area (Å²) >= 11 is 1.53. The number of carbonyl (C=O) groups is 2. The number of hydrogen-bond donors (Lipinski definition) is 2. The van der Waals surface area contributed by atoms with E-state index in [2.05, 4.69) is 10.6 Å². The molecule has 9 heteroatoms. The summed E-state index contributed by atoms with van der Waals surface area (Å²) in [6.45, 7) is 0.00532. The summed E-state index contributed by atoms with van der Waals surface area (Å²) in [7, 11) is 1.65. The number of nitro groups is 1. The molecule has 0 aromatic heterocycles. The third-order valence-corrected chi connectivity index (χ3v) is 4.34. The molecule has 0 unspecified atom stereocenters. The smallest absolute Gasteiger partial charge is 0.271 e. The summed E-state index contributed by atoms with van der Waals surface area (Å²) < 4.78 is 0. The second-order valence-electron chi connectivity index (χ2n) is 5.78. The summed E-state index contributed by atoms with van der Waals surface area (Å²) in [5.74, 6) is -0.600. The molecule has 2 aromatic carbocycles. The maximum Gasteiger partial charge on any atom is 0.271 e. The Labute approximate surface area is 161 Å². The average Bonchev–Trinajstić information content (AvgIpc) is 2.61. The number of amides is 2. The first kappa shape index (κ1) is 20.4. The summed E-state index contributed by atoms with van der Waals surface area (Å²) in [5.41, 5.74) is 0.957. The van der Waals surface area contributed by atoms with Crippen molar-refractivity contribution < 1.29 is 14.5 Å². The number of nitrogens with zero attached hydrogens (tertiary/aromatic N) is 2. The van der Waals surface area contributed by atoms with Gasteiger partial charge in [-0.25, -0.2) is 0 Å². The van der Waals surface area contributed by atoms with Gasteiger partial charge < -0.3 is 10.6 Å². The molecular formula is C18H20N4O4S. The third-order valence-electron chi connectivity index (χ3n) is 3.55. The standard InChI is InChI=1S/C18H20N4O4S/c1-21(12-18(24)20-15-8-3-4-9-16(15)27-2)11-17(23)19-13-6-5-7-14(10-13)22(25)26/h3-10H,11-12H2,1-2H3,(H,19,23)(H,20,24). The Morgan fingerprint density at radius 1 is 1.07 bits per heavy atom. The summed E-state index contributed by atoms with van der Waals surface area (Å²) in [4.78, 5) is 37.0. The topological polar surface area (TPSA) is 105 Å². The SMILES string of the molecule is CSc1ccccc1NC(=O)CN(C)CC(=O)Nc1cccc([N+](=O)[O-])c1. The first-order valence-electron chi connectivity index (χ1n) is 8.04. The molecule has 0 saturated heterocycles. The fourth-order valence-electron chi connectivity index (χ4n) is 2.38. The van der Waals surface area contributed by atoms with Gasteiger partial charge in [0.25, 0.3) is 5.69 Å². The van der Waals surface area contributed by atoms with E-state index in [1.165, 1.54) is 30.0 Å². The second kappa shape index (κ2) is 9.70. The van der Waals surface area contributed by atoms with Crippen LogP contribution < -0.4 is 10.6 Å². The first-order chi connectivity index (χ1) is 12.9. The molecule has 2 rings (SSSR count). The summed E-state index contributed by atoms with van der Waals surface area (Å²) in [6, 6.07) is 13.2. The van der Waals surface area contributed by atoms with Crippen molar-refractivity contribution in [2.75, 3.05) is 37.0 Å². The van der Waals surface area contributed by atoms with Gasteiger partial charge >= 0.3 is 0 Å². The van der Waals surface area contributed by atoms with Crippen LogP contribution in [0.1, 0.15) is 0 Å². The molecule has 0 radical (unpaired) electrons. The Morgan fingerprint density at radius 2 is 1.74 bits per heavy atom. The Bertz CT molecular complexity index is 844. The van der Waals surface area contributed by atoms with E-state index < -0.39 is 4.92 Å². The van der Waals surface area contributed by atoms with E-state index in [-0.39, 0.29) is 30.6 Å². The van der Waals surface area contributed by atoms with Gasteiger partial charge in [-0.05, 0) is 31.5 Å². The van der Waals surface area contributed by atoms with Crippen LogP contribution in [0.5, 0.6) is 0 Å². The van der Waals surface area contributed by atoms with E-state index >= 15 is 0 Å². The van der Waals surface area contributed by atoms with E-state index in [0.29, 0.717) is 5.69 Å². The highest BCUT2D eigenvalue weighted by Gasteiger charge is 2.13. The molecule has 8 nitrogen and oxygen atoms in total. The van der Waals surface area contributed by atoms with Gasteiger partial charge in [0.15, 0.2) is 0 Å². The molecule has 2 amide bonds. The minimum absolute atomic E-state index is 0.0275. The summed E-state index contributed by atoms with van der Waals surface area (Å²) in [5, 5.41) is 16.2. The van der Waals surface area contributed by atoms with E-state index in [1.807, 2.05) is 30.5 Å². The minimum atomic E-state index is -0.529. The normalized spacial score (nSPS) is 10.5. The Balaban J connectivity index is 1.86. The van der Waals surface area contributed by atoms with Crippen LogP contribution in [-0.4, -0.2) is 48.0 Å². The Kier molecular flexibility index (Phi) is 7.33. The second-order valence-corrected chi connectivity index (χ2v) is 6.62. The molecule has 0 aliphatic rings. The van der Waals surface area contributed by atoms with Gasteiger partial charge in [-0.15, -0.1) is 11.8 Å². The van der Waals surface area contributed by atoms with Crippen molar-refractivity contribution in [1.29, 1.82) is 0 Å². The predicted molar refractivity (Wildman–Crippen MR) is 106 cm³/mol. The monoisotopic (exact) mass is 388 g/mol. The van der Waals surface area contributed by atoms with Crippen molar-refractivity contribution in [3.63, 3.8) is 0 Å². The number of para-hydroxylation sites is 1. The molecule has 0 bridgehead atoms. The van der Waals surface area contributed by atoms with Crippen molar-refractivity contribution in [2.45, 2.75) is 4.90 Å². The average molecular weight is 388 g/mol. The molecule has 0 saturated carbocycles. The summed E-state index contributed by atoms with van der Waals surface area (Å²) in [6.07, 6.45) is 1.93. The number of carbonyl (C=O) groups excluding carboxylic acids is 2. The van der Waals surface area contributed by atoms with E-state index in [0.717, 1.165) is 10.6 Å². The Hall–Kier alpha value is -2.91. The van der Waals surface area contributed by atoms with E-state index in [9.17, 15) is 19.7 Å². The van der Waals surface area contributed by atoms with Gasteiger partial charge in [0.05, 0.1) is 23.7 Å². The van der Waals surface area contributed by atoms with Crippen LogP contribution in [0.15, 0.2) is 53.4 Å². The highest BCUT2D eigenvalue weighted by Crippen LogP contribution is 2.24. The molecule has 2 aromatic rings. The molecule has 0 heterocycles. The zero-order valence-corrected chi connectivity index (χ0v) is 15.8.